The van der Waals surface area contributed by atoms with E-state index in [4.69, 9.17) is 5.11 Å². The molecule has 3 aromatic carbocycles. The van der Waals surface area contributed by atoms with Crippen LogP contribution in [0.15, 0.2) is 72.8 Å². The third-order valence-electron chi connectivity index (χ3n) is 5.50. The second kappa shape index (κ2) is 11.4. The molecule has 0 aliphatic heterocycles. The number of hydrogen-bond acceptors (Lipinski definition) is 4. The summed E-state index contributed by atoms with van der Waals surface area (Å²) in [5.41, 5.74) is 1.91. The van der Waals surface area contributed by atoms with Crippen molar-refractivity contribution in [1.29, 1.82) is 0 Å². The number of aromatic nitrogens is 2. The molecule has 8 nitrogen and oxygen atoms in total. The molecule has 0 unspecified atom stereocenters. The molecule has 194 valence electrons. The van der Waals surface area contributed by atoms with Gasteiger partial charge in [-0.1, -0.05) is 12.1 Å². The molecule has 2 amide bonds. The molecule has 0 saturated carbocycles. The predicted octanol–water partition coefficient (Wildman–Crippen LogP) is 4.47. The number of nitrogens with one attached hydrogen (secondary N) is 2. The lowest BCUT2D eigenvalue weighted by Crippen LogP contribution is -2.26. The van der Waals surface area contributed by atoms with Crippen LogP contribution in [0.1, 0.15) is 32.8 Å². The fraction of sp³-hybridized carbons (Fsp3) is 0.111. The Balaban J connectivity index is 1.59. The molecule has 0 bridgehead atoms. The average Bonchev–Trinajstić information content (AvgIpc) is 3.31. The van der Waals surface area contributed by atoms with E-state index in [0.29, 0.717) is 16.8 Å². The zero-order valence-electron chi connectivity index (χ0n) is 19.7. The van der Waals surface area contributed by atoms with Crippen molar-refractivity contribution in [3.05, 3.63) is 107 Å². The van der Waals surface area contributed by atoms with Crippen LogP contribution >= 0.6 is 0 Å². The minimum atomic E-state index is -1.06. The van der Waals surface area contributed by atoms with Crippen LogP contribution in [0.2, 0.25) is 0 Å². The maximum Gasteiger partial charge on any atom is 0.305 e. The molecule has 0 fully saturated rings. The van der Waals surface area contributed by atoms with E-state index in [0.717, 1.165) is 12.1 Å². The zero-order valence-corrected chi connectivity index (χ0v) is 19.7. The van der Waals surface area contributed by atoms with E-state index in [1.54, 1.807) is 24.3 Å². The van der Waals surface area contributed by atoms with Gasteiger partial charge in [-0.05, 0) is 66.2 Å². The normalized spacial score (nSPS) is 10.7. The molecule has 1 heterocycles. The van der Waals surface area contributed by atoms with Gasteiger partial charge in [0.2, 0.25) is 0 Å². The summed E-state index contributed by atoms with van der Waals surface area (Å²) in [4.78, 5) is 35.9. The monoisotopic (exact) mass is 522 g/mol. The molecular formula is C27H21F3N4O4. The van der Waals surface area contributed by atoms with Crippen molar-refractivity contribution in [1.82, 2.24) is 15.1 Å². The summed E-state index contributed by atoms with van der Waals surface area (Å²) in [5, 5.41) is 18.3. The maximum absolute atomic E-state index is 13.8. The van der Waals surface area contributed by atoms with E-state index in [9.17, 15) is 27.6 Å². The molecule has 3 N–H and O–H groups in total. The molecule has 11 heteroatoms. The number of amides is 2. The molecule has 0 aliphatic rings. The van der Waals surface area contributed by atoms with Crippen molar-refractivity contribution in [2.45, 2.75) is 13.0 Å². The summed E-state index contributed by atoms with van der Waals surface area (Å²) in [5.74, 6) is -4.57. The maximum atomic E-state index is 13.8. The number of carbonyl (C=O) groups is 3. The lowest BCUT2D eigenvalue weighted by atomic mass is 10.1. The van der Waals surface area contributed by atoms with Gasteiger partial charge in [-0.25, -0.2) is 13.2 Å². The lowest BCUT2D eigenvalue weighted by molar-refractivity contribution is -0.136. The number of aliphatic carboxylic acids is 1. The number of hydrogen-bond donors (Lipinski definition) is 3. The zero-order chi connectivity index (χ0) is 27.2. The summed E-state index contributed by atoms with van der Waals surface area (Å²) in [6.07, 6.45) is -0.202. The van der Waals surface area contributed by atoms with Gasteiger partial charge in [0.25, 0.3) is 11.8 Å². The first-order valence-electron chi connectivity index (χ1n) is 11.4. The first-order valence-corrected chi connectivity index (χ1v) is 11.4. The topological polar surface area (TPSA) is 113 Å². The standard InChI is InChI=1S/C27H21F3N4O4/c28-19-6-8-20(9-7-19)32-27(38)24-14-23(18-5-10-21(29)22(30)13-18)33-34(24)15-16-1-3-17(4-2-16)26(37)31-12-11-25(35)36/h1-10,13-14H,11-12,15H2,(H,31,37)(H,32,38)(H,35,36). The number of benzene rings is 3. The Morgan fingerprint density at radius 3 is 2.21 bits per heavy atom. The van der Waals surface area contributed by atoms with Gasteiger partial charge >= 0.3 is 5.97 Å². The molecule has 4 aromatic rings. The summed E-state index contributed by atoms with van der Waals surface area (Å²) in [6, 6.07) is 16.3. The summed E-state index contributed by atoms with van der Waals surface area (Å²) >= 11 is 0. The average molecular weight is 522 g/mol. The minimum absolute atomic E-state index is 0.0114. The van der Waals surface area contributed by atoms with Crippen LogP contribution in [0, 0.1) is 17.5 Å². The number of carboxylic acid groups (broad SMARTS) is 1. The fourth-order valence-electron chi connectivity index (χ4n) is 3.56. The van der Waals surface area contributed by atoms with E-state index >= 15 is 0 Å². The number of halogens is 3. The van der Waals surface area contributed by atoms with Crippen LogP contribution in [-0.4, -0.2) is 39.2 Å². The SMILES string of the molecule is O=C(O)CCNC(=O)c1ccc(Cn2nc(-c3ccc(F)c(F)c3)cc2C(=O)Nc2ccc(F)cc2)cc1. The lowest BCUT2D eigenvalue weighted by Gasteiger charge is -2.09. The Bertz CT molecular complexity index is 1490. The Morgan fingerprint density at radius 2 is 1.55 bits per heavy atom. The van der Waals surface area contributed by atoms with Crippen LogP contribution in [0.25, 0.3) is 11.3 Å². The molecule has 0 atom stereocenters. The molecule has 38 heavy (non-hydrogen) atoms. The van der Waals surface area contributed by atoms with Gasteiger partial charge in [0.1, 0.15) is 11.5 Å². The number of anilines is 1. The van der Waals surface area contributed by atoms with Crippen LogP contribution in [0.3, 0.4) is 0 Å². The largest absolute Gasteiger partial charge is 0.481 e. The van der Waals surface area contributed by atoms with Crippen LogP contribution in [-0.2, 0) is 11.3 Å². The summed E-state index contributed by atoms with van der Waals surface area (Å²) < 4.78 is 41.9. The van der Waals surface area contributed by atoms with E-state index in [1.165, 1.54) is 41.1 Å². The first kappa shape index (κ1) is 26.1. The third kappa shape index (κ3) is 6.44. The van der Waals surface area contributed by atoms with Crippen LogP contribution in [0.4, 0.5) is 18.9 Å². The number of rotatable bonds is 9. The quantitative estimate of drug-likeness (QED) is 0.300. The highest BCUT2D eigenvalue weighted by molar-refractivity contribution is 6.03. The summed E-state index contributed by atoms with van der Waals surface area (Å²) in [7, 11) is 0. The van der Waals surface area contributed by atoms with Gasteiger partial charge in [-0.15, -0.1) is 0 Å². The first-order chi connectivity index (χ1) is 18.2. The van der Waals surface area contributed by atoms with Crippen molar-refractivity contribution in [3.63, 3.8) is 0 Å². The van der Waals surface area contributed by atoms with Gasteiger partial charge < -0.3 is 15.7 Å². The molecule has 4 rings (SSSR count). The predicted molar refractivity (Wildman–Crippen MR) is 132 cm³/mol. The Morgan fingerprint density at radius 1 is 0.842 bits per heavy atom. The minimum Gasteiger partial charge on any atom is -0.481 e. The Labute approximate surface area is 214 Å². The van der Waals surface area contributed by atoms with Gasteiger partial charge in [0.05, 0.1) is 18.7 Å². The van der Waals surface area contributed by atoms with Crippen molar-refractivity contribution < 1.29 is 32.7 Å². The second-order valence-electron chi connectivity index (χ2n) is 8.26. The van der Waals surface area contributed by atoms with E-state index in [-0.39, 0.29) is 36.5 Å². The highest BCUT2D eigenvalue weighted by Crippen LogP contribution is 2.23. The van der Waals surface area contributed by atoms with Gasteiger partial charge in [-0.2, -0.15) is 5.10 Å². The van der Waals surface area contributed by atoms with Crippen LogP contribution < -0.4 is 10.6 Å². The van der Waals surface area contributed by atoms with Gasteiger partial charge in [-0.3, -0.25) is 19.1 Å². The molecule has 0 radical (unpaired) electrons. The van der Waals surface area contributed by atoms with Crippen LogP contribution in [0.5, 0.6) is 0 Å². The van der Waals surface area contributed by atoms with E-state index in [1.807, 2.05) is 0 Å². The fourth-order valence-corrected chi connectivity index (χ4v) is 3.56. The molecule has 0 aliphatic carbocycles. The second-order valence-corrected chi connectivity index (χ2v) is 8.26. The van der Waals surface area contributed by atoms with Crippen molar-refractivity contribution in [2.75, 3.05) is 11.9 Å². The van der Waals surface area contributed by atoms with Gasteiger partial charge in [0, 0.05) is 23.4 Å². The number of carbonyl (C=O) groups excluding carboxylic acids is 2. The van der Waals surface area contributed by atoms with Crippen molar-refractivity contribution >= 4 is 23.5 Å². The smallest absolute Gasteiger partial charge is 0.305 e. The van der Waals surface area contributed by atoms with Gasteiger partial charge in [0.15, 0.2) is 11.6 Å². The molecule has 1 aromatic heterocycles. The Kier molecular flexibility index (Phi) is 7.86. The Hall–Kier alpha value is -4.93. The van der Waals surface area contributed by atoms with E-state index < -0.39 is 35.2 Å². The molecule has 0 saturated heterocycles. The molecule has 0 spiro atoms. The number of carboxylic acids is 1. The number of nitrogens with zero attached hydrogens (tertiary/aromatic N) is 2. The van der Waals surface area contributed by atoms with Crippen molar-refractivity contribution in [2.24, 2.45) is 0 Å². The van der Waals surface area contributed by atoms with Crippen molar-refractivity contribution in [3.8, 4) is 11.3 Å². The molecular weight excluding hydrogens is 501 g/mol. The van der Waals surface area contributed by atoms with E-state index in [2.05, 4.69) is 15.7 Å². The highest BCUT2D eigenvalue weighted by Gasteiger charge is 2.18. The summed E-state index contributed by atoms with van der Waals surface area (Å²) in [6.45, 7) is 0.0826. The highest BCUT2D eigenvalue weighted by atomic mass is 19.2. The third-order valence-corrected chi connectivity index (χ3v) is 5.50.